The van der Waals surface area contributed by atoms with Gasteiger partial charge in [-0.25, -0.2) is 0 Å². The number of rotatable bonds is 0. The molecule has 2 nitrogen and oxygen atoms in total. The van der Waals surface area contributed by atoms with Crippen LogP contribution in [0, 0.1) is 22.7 Å². The van der Waals surface area contributed by atoms with E-state index in [0.29, 0.717) is 0 Å². The first-order chi connectivity index (χ1) is 3.72. The van der Waals surface area contributed by atoms with Crippen LogP contribution in [-0.2, 0) is 0 Å². The predicted octanol–water partition coefficient (Wildman–Crippen LogP) is 0.343. The average molecular weight is 188 g/mol. The third kappa shape index (κ3) is 7.53. The summed E-state index contributed by atoms with van der Waals surface area (Å²) in [5.74, 6) is 0. The van der Waals surface area contributed by atoms with Gasteiger partial charge in [0, 0.05) is 59.1 Å². The van der Waals surface area contributed by atoms with Gasteiger partial charge < -0.3 is 0 Å². The molecule has 0 aliphatic heterocycles. The molecular weight excluding hydrogens is 186 g/mol. The van der Waals surface area contributed by atoms with Gasteiger partial charge in [-0.2, -0.15) is 10.5 Å². The first-order valence-corrected chi connectivity index (χ1v) is 2.54. The number of allylic oxidation sites excluding steroid dienone is 2. The van der Waals surface area contributed by atoms with Crippen LogP contribution in [0.2, 0.25) is 0 Å². The zero-order chi connectivity index (χ0) is 6.57. The van der Waals surface area contributed by atoms with E-state index in [-0.39, 0.29) is 68.9 Å². The maximum atomic E-state index is 8.05. The Balaban J connectivity index is -0.000000245. The molecule has 0 aromatic rings. The molecule has 0 aromatic heterocycles. The third-order valence-corrected chi connectivity index (χ3v) is 1.26. The predicted molar refractivity (Wildman–Crippen MR) is 47.7 cm³/mol. The second-order valence-corrected chi connectivity index (χ2v) is 1.82. The van der Waals surface area contributed by atoms with Crippen LogP contribution in [0.25, 0.3) is 0 Å². The summed E-state index contributed by atoms with van der Waals surface area (Å²) in [6.45, 7) is 0. The Morgan fingerprint density at radius 1 is 0.900 bits per heavy atom. The summed E-state index contributed by atoms with van der Waals surface area (Å²) in [6, 6.07) is 3.32. The molecule has 0 aliphatic rings. The van der Waals surface area contributed by atoms with Crippen LogP contribution in [-0.4, -0.2) is 59.1 Å². The fraction of sp³-hybridized carbons (Fsp3) is 0. The van der Waals surface area contributed by atoms with E-state index in [1.54, 1.807) is 12.1 Å². The van der Waals surface area contributed by atoms with E-state index < -0.39 is 0 Å². The Morgan fingerprint density at radius 2 is 1.10 bits per heavy atom. The molecule has 6 heteroatoms. The molecule has 2 radical (unpaired) electrons. The number of hydrogen-bond donors (Lipinski definition) is 2. The topological polar surface area (TPSA) is 47.6 Å². The molecule has 0 spiro atoms. The van der Waals surface area contributed by atoms with Gasteiger partial charge in [0.05, 0.1) is 0 Å². The molecule has 0 atom stereocenters. The van der Waals surface area contributed by atoms with Crippen LogP contribution in [0.4, 0.5) is 0 Å². The van der Waals surface area contributed by atoms with Crippen molar-refractivity contribution in [1.82, 2.24) is 0 Å². The Morgan fingerprint density at radius 3 is 1.20 bits per heavy atom. The number of nitrogens with zero attached hydrogens (tertiary/aromatic N) is 2. The average Bonchev–Trinajstić information content (AvgIpc) is 1.84. The normalized spacial score (nSPS) is 8.80. The first kappa shape index (κ1) is 17.5. The summed E-state index contributed by atoms with van der Waals surface area (Å²) < 4.78 is 0. The summed E-state index contributed by atoms with van der Waals surface area (Å²) in [4.78, 5) is 0.103. The number of nitriles is 2. The molecule has 0 fully saturated rings. The van der Waals surface area contributed by atoms with E-state index in [1.165, 1.54) is 0 Å². The van der Waals surface area contributed by atoms with Gasteiger partial charge in [-0.05, 0) is 0 Å². The van der Waals surface area contributed by atoms with E-state index >= 15 is 0 Å². The summed E-state index contributed by atoms with van der Waals surface area (Å²) in [7, 11) is 0. The van der Waals surface area contributed by atoms with Crippen molar-refractivity contribution in [3.05, 3.63) is 9.81 Å². The Labute approximate surface area is 115 Å². The van der Waals surface area contributed by atoms with Gasteiger partial charge in [-0.1, -0.05) is 0 Å². The quantitative estimate of drug-likeness (QED) is 0.327. The molecule has 0 aromatic carbocycles. The largest absolute Gasteiger partial charge is 0.192 e. The molecular formula is C4H2N2Na2S2. The zero-order valence-electron chi connectivity index (χ0n) is 5.79. The number of thiol groups is 2. The molecule has 0 amide bonds. The SMILES string of the molecule is N#C/C(S)=C(/S)C#N.[Na].[Na]. The molecule has 0 saturated heterocycles. The van der Waals surface area contributed by atoms with Gasteiger partial charge in [0.15, 0.2) is 0 Å². The Hall–Kier alpha value is 1.42. The van der Waals surface area contributed by atoms with Gasteiger partial charge in [-0.15, -0.1) is 25.3 Å². The Bertz CT molecular complexity index is 178. The smallest absolute Gasteiger partial charge is 0.108 e. The summed E-state index contributed by atoms with van der Waals surface area (Å²) in [5, 5.41) is 16.1. The fourth-order valence-electron chi connectivity index (χ4n) is 0.106. The van der Waals surface area contributed by atoms with Crippen LogP contribution < -0.4 is 0 Å². The zero-order valence-corrected chi connectivity index (χ0v) is 11.6. The molecule has 0 heterocycles. The van der Waals surface area contributed by atoms with Crippen molar-refractivity contribution in [2.45, 2.75) is 0 Å². The van der Waals surface area contributed by atoms with E-state index in [0.717, 1.165) is 0 Å². The molecule has 0 bridgehead atoms. The fourth-order valence-corrected chi connectivity index (χ4v) is 0.206. The molecule has 10 heavy (non-hydrogen) atoms. The van der Waals surface area contributed by atoms with Crippen LogP contribution in [0.3, 0.4) is 0 Å². The van der Waals surface area contributed by atoms with Crippen LogP contribution in [0.15, 0.2) is 9.81 Å². The second kappa shape index (κ2) is 10.4. The third-order valence-electron chi connectivity index (χ3n) is 0.436. The van der Waals surface area contributed by atoms with Crippen molar-refractivity contribution in [2.24, 2.45) is 0 Å². The van der Waals surface area contributed by atoms with E-state index in [2.05, 4.69) is 25.3 Å². The molecule has 0 N–H and O–H groups in total. The van der Waals surface area contributed by atoms with Gasteiger partial charge in [-0.3, -0.25) is 0 Å². The van der Waals surface area contributed by atoms with Crippen molar-refractivity contribution in [2.75, 3.05) is 0 Å². The van der Waals surface area contributed by atoms with E-state index in [1.807, 2.05) is 0 Å². The summed E-state index contributed by atoms with van der Waals surface area (Å²) >= 11 is 7.25. The summed E-state index contributed by atoms with van der Waals surface area (Å²) in [5.41, 5.74) is 0. The maximum Gasteiger partial charge on any atom is 0.108 e. The van der Waals surface area contributed by atoms with Crippen molar-refractivity contribution in [3.63, 3.8) is 0 Å². The van der Waals surface area contributed by atoms with Gasteiger partial charge in [0.1, 0.15) is 21.9 Å². The van der Waals surface area contributed by atoms with Gasteiger partial charge in [0.25, 0.3) is 0 Å². The minimum atomic E-state index is 0. The van der Waals surface area contributed by atoms with Crippen LogP contribution in [0.1, 0.15) is 0 Å². The summed E-state index contributed by atoms with van der Waals surface area (Å²) in [6.07, 6.45) is 0. The monoisotopic (exact) mass is 188 g/mol. The molecule has 0 saturated carbocycles. The van der Waals surface area contributed by atoms with Crippen molar-refractivity contribution < 1.29 is 0 Å². The molecule has 42 valence electrons. The molecule has 0 unspecified atom stereocenters. The first-order valence-electron chi connectivity index (χ1n) is 1.64. The van der Waals surface area contributed by atoms with Crippen molar-refractivity contribution in [3.8, 4) is 12.1 Å². The van der Waals surface area contributed by atoms with Crippen molar-refractivity contribution in [1.29, 1.82) is 10.5 Å². The van der Waals surface area contributed by atoms with E-state index in [9.17, 15) is 0 Å². The molecule has 0 aliphatic carbocycles. The second-order valence-electron chi connectivity index (χ2n) is 0.921. The minimum Gasteiger partial charge on any atom is -0.192 e. The van der Waals surface area contributed by atoms with Crippen LogP contribution >= 0.6 is 25.3 Å². The molecule has 0 rings (SSSR count). The van der Waals surface area contributed by atoms with Crippen LogP contribution in [0.5, 0.6) is 0 Å². The van der Waals surface area contributed by atoms with Gasteiger partial charge in [0.2, 0.25) is 0 Å². The number of hydrogen-bond acceptors (Lipinski definition) is 4. The minimum absolute atomic E-state index is 0. The van der Waals surface area contributed by atoms with E-state index in [4.69, 9.17) is 10.5 Å². The van der Waals surface area contributed by atoms with Gasteiger partial charge >= 0.3 is 0 Å². The maximum absolute atomic E-state index is 8.05. The Kier molecular flexibility index (Phi) is 18.2. The van der Waals surface area contributed by atoms with Crippen molar-refractivity contribution >= 4 is 84.4 Å². The standard InChI is InChI=1S/C4H2N2S2.2Na/c5-1-3(7)4(8)2-6;;/h7-8H;;/b4-3-;;.